The van der Waals surface area contributed by atoms with Gasteiger partial charge < -0.3 is 15.5 Å². The molecule has 1 aliphatic rings. The fourth-order valence-corrected chi connectivity index (χ4v) is 2.95. The first-order valence-corrected chi connectivity index (χ1v) is 8.00. The SMILES string of the molecule is CN(C)CC1CCN(CCCCC(C)(C)CN)CC1. The van der Waals surface area contributed by atoms with Crippen LogP contribution in [0.2, 0.25) is 0 Å². The predicted octanol–water partition coefficient (Wildman–Crippen LogP) is 2.42. The molecule has 114 valence electrons. The largest absolute Gasteiger partial charge is 0.330 e. The van der Waals surface area contributed by atoms with Crippen LogP contribution in [0.5, 0.6) is 0 Å². The molecule has 0 saturated carbocycles. The Bertz CT molecular complexity index is 230. The average Bonchev–Trinajstić information content (AvgIpc) is 2.36. The predicted molar refractivity (Wildman–Crippen MR) is 84.4 cm³/mol. The lowest BCUT2D eigenvalue weighted by molar-refractivity contribution is 0.158. The molecular formula is C16H35N3. The Labute approximate surface area is 120 Å². The van der Waals surface area contributed by atoms with Gasteiger partial charge in [0.2, 0.25) is 0 Å². The van der Waals surface area contributed by atoms with E-state index in [2.05, 4.69) is 37.7 Å². The highest BCUT2D eigenvalue weighted by Crippen LogP contribution is 2.22. The number of nitrogens with two attached hydrogens (primary N) is 1. The van der Waals surface area contributed by atoms with E-state index in [1.807, 2.05) is 0 Å². The van der Waals surface area contributed by atoms with Gasteiger partial charge in [0, 0.05) is 6.54 Å². The van der Waals surface area contributed by atoms with Crippen molar-refractivity contribution in [3.63, 3.8) is 0 Å². The highest BCUT2D eigenvalue weighted by atomic mass is 15.1. The summed E-state index contributed by atoms with van der Waals surface area (Å²) >= 11 is 0. The molecule has 0 atom stereocenters. The van der Waals surface area contributed by atoms with Gasteiger partial charge in [-0.3, -0.25) is 0 Å². The molecule has 0 aromatic heterocycles. The number of likely N-dealkylation sites (tertiary alicyclic amines) is 1. The van der Waals surface area contributed by atoms with Crippen LogP contribution in [-0.2, 0) is 0 Å². The van der Waals surface area contributed by atoms with Crippen molar-refractivity contribution >= 4 is 0 Å². The van der Waals surface area contributed by atoms with Crippen LogP contribution in [0.15, 0.2) is 0 Å². The van der Waals surface area contributed by atoms with Crippen molar-refractivity contribution in [3.05, 3.63) is 0 Å². The molecule has 1 heterocycles. The quantitative estimate of drug-likeness (QED) is 0.687. The van der Waals surface area contributed by atoms with E-state index in [4.69, 9.17) is 5.73 Å². The van der Waals surface area contributed by atoms with Crippen LogP contribution in [0, 0.1) is 11.3 Å². The Hall–Kier alpha value is -0.120. The van der Waals surface area contributed by atoms with Gasteiger partial charge in [0.1, 0.15) is 0 Å². The van der Waals surface area contributed by atoms with Crippen molar-refractivity contribution in [2.24, 2.45) is 17.1 Å². The van der Waals surface area contributed by atoms with Gasteiger partial charge in [-0.25, -0.2) is 0 Å². The van der Waals surface area contributed by atoms with Gasteiger partial charge in [-0.15, -0.1) is 0 Å². The molecule has 3 nitrogen and oxygen atoms in total. The molecule has 2 N–H and O–H groups in total. The smallest absolute Gasteiger partial charge is 0.000451 e. The van der Waals surface area contributed by atoms with Crippen molar-refractivity contribution < 1.29 is 0 Å². The van der Waals surface area contributed by atoms with Gasteiger partial charge in [-0.2, -0.15) is 0 Å². The molecule has 1 saturated heterocycles. The van der Waals surface area contributed by atoms with Crippen molar-refractivity contribution in [3.8, 4) is 0 Å². The fourth-order valence-electron chi connectivity index (χ4n) is 2.95. The van der Waals surface area contributed by atoms with E-state index in [9.17, 15) is 0 Å². The van der Waals surface area contributed by atoms with Gasteiger partial charge in [0.15, 0.2) is 0 Å². The maximum Gasteiger partial charge on any atom is 0.000451 e. The van der Waals surface area contributed by atoms with E-state index in [0.717, 1.165) is 12.5 Å². The summed E-state index contributed by atoms with van der Waals surface area (Å²) in [7, 11) is 4.37. The lowest BCUT2D eigenvalue weighted by Gasteiger charge is -2.33. The Morgan fingerprint density at radius 1 is 1.16 bits per heavy atom. The summed E-state index contributed by atoms with van der Waals surface area (Å²) < 4.78 is 0. The van der Waals surface area contributed by atoms with Gasteiger partial charge in [-0.05, 0) is 77.3 Å². The molecule has 0 radical (unpaired) electrons. The van der Waals surface area contributed by atoms with Gasteiger partial charge in [0.25, 0.3) is 0 Å². The lowest BCUT2D eigenvalue weighted by Crippen LogP contribution is -2.37. The van der Waals surface area contributed by atoms with Crippen LogP contribution in [0.3, 0.4) is 0 Å². The molecule has 1 aliphatic heterocycles. The Balaban J connectivity index is 2.07. The Morgan fingerprint density at radius 2 is 1.79 bits per heavy atom. The van der Waals surface area contributed by atoms with E-state index in [-0.39, 0.29) is 0 Å². The van der Waals surface area contributed by atoms with Crippen molar-refractivity contribution in [1.82, 2.24) is 9.80 Å². The molecule has 0 amide bonds. The summed E-state index contributed by atoms with van der Waals surface area (Å²) in [5.74, 6) is 0.919. The Kier molecular flexibility index (Phi) is 7.33. The van der Waals surface area contributed by atoms with Gasteiger partial charge in [0.05, 0.1) is 0 Å². The average molecular weight is 269 g/mol. The van der Waals surface area contributed by atoms with Crippen LogP contribution in [0.4, 0.5) is 0 Å². The summed E-state index contributed by atoms with van der Waals surface area (Å²) in [5.41, 5.74) is 6.10. The van der Waals surface area contributed by atoms with Gasteiger partial charge >= 0.3 is 0 Å². The van der Waals surface area contributed by atoms with Crippen molar-refractivity contribution in [1.29, 1.82) is 0 Å². The number of hydrogen-bond acceptors (Lipinski definition) is 3. The molecule has 1 rings (SSSR count). The van der Waals surface area contributed by atoms with E-state index < -0.39 is 0 Å². The third-order valence-electron chi connectivity index (χ3n) is 4.46. The van der Waals surface area contributed by atoms with Crippen LogP contribution < -0.4 is 5.73 Å². The van der Waals surface area contributed by atoms with Crippen LogP contribution in [0.1, 0.15) is 46.0 Å². The number of hydrogen-bond donors (Lipinski definition) is 1. The molecule has 0 aromatic rings. The summed E-state index contributed by atoms with van der Waals surface area (Å²) in [4.78, 5) is 4.98. The lowest BCUT2D eigenvalue weighted by atomic mass is 9.87. The van der Waals surface area contributed by atoms with E-state index in [1.165, 1.54) is 58.3 Å². The first-order chi connectivity index (χ1) is 8.93. The number of rotatable bonds is 8. The molecule has 1 fully saturated rings. The second-order valence-corrected chi connectivity index (χ2v) is 7.37. The molecule has 0 unspecified atom stereocenters. The molecule has 0 bridgehead atoms. The van der Waals surface area contributed by atoms with Crippen LogP contribution in [0.25, 0.3) is 0 Å². The minimum absolute atomic E-state index is 0.332. The van der Waals surface area contributed by atoms with E-state index in [1.54, 1.807) is 0 Å². The second-order valence-electron chi connectivity index (χ2n) is 7.37. The first-order valence-electron chi connectivity index (χ1n) is 8.00. The highest BCUT2D eigenvalue weighted by Gasteiger charge is 2.19. The zero-order valence-corrected chi connectivity index (χ0v) is 13.6. The van der Waals surface area contributed by atoms with E-state index >= 15 is 0 Å². The minimum atomic E-state index is 0.332. The number of piperidine rings is 1. The zero-order valence-electron chi connectivity index (χ0n) is 13.6. The second kappa shape index (κ2) is 8.23. The molecule has 0 aromatic carbocycles. The highest BCUT2D eigenvalue weighted by molar-refractivity contribution is 4.74. The minimum Gasteiger partial charge on any atom is -0.330 e. The number of unbranched alkanes of at least 4 members (excludes halogenated alkanes) is 1. The fraction of sp³-hybridized carbons (Fsp3) is 1.00. The third-order valence-corrected chi connectivity index (χ3v) is 4.46. The van der Waals surface area contributed by atoms with E-state index in [0.29, 0.717) is 5.41 Å². The molecule has 0 aliphatic carbocycles. The monoisotopic (exact) mass is 269 g/mol. The molecule has 3 heteroatoms. The summed E-state index contributed by atoms with van der Waals surface area (Å²) in [5, 5.41) is 0. The van der Waals surface area contributed by atoms with Crippen LogP contribution >= 0.6 is 0 Å². The molecule has 0 spiro atoms. The zero-order chi connectivity index (χ0) is 14.3. The van der Waals surface area contributed by atoms with Crippen molar-refractivity contribution in [2.45, 2.75) is 46.0 Å². The first kappa shape index (κ1) is 16.9. The molecule has 19 heavy (non-hydrogen) atoms. The topological polar surface area (TPSA) is 32.5 Å². The normalized spacial score (nSPS) is 19.3. The summed E-state index contributed by atoms with van der Waals surface area (Å²) in [6.07, 6.45) is 6.68. The van der Waals surface area contributed by atoms with Crippen LogP contribution in [-0.4, -0.2) is 56.6 Å². The third kappa shape index (κ3) is 7.28. The summed E-state index contributed by atoms with van der Waals surface area (Å²) in [6, 6.07) is 0. The maximum absolute atomic E-state index is 5.77. The maximum atomic E-state index is 5.77. The Morgan fingerprint density at radius 3 is 2.32 bits per heavy atom. The van der Waals surface area contributed by atoms with Crippen molar-refractivity contribution in [2.75, 3.05) is 46.8 Å². The summed E-state index contributed by atoms with van der Waals surface area (Å²) in [6.45, 7) is 10.5. The number of nitrogens with zero attached hydrogens (tertiary/aromatic N) is 2. The standard InChI is InChI=1S/C16H35N3/c1-16(2,14-17)9-5-6-10-19-11-7-15(8-12-19)13-18(3)4/h15H,5-14,17H2,1-4H3. The van der Waals surface area contributed by atoms with Gasteiger partial charge in [-0.1, -0.05) is 20.3 Å². The molecular weight excluding hydrogens is 234 g/mol.